The molecule has 2 N–H and O–H groups in total. The van der Waals surface area contributed by atoms with Crippen LogP contribution in [0.25, 0.3) is 0 Å². The van der Waals surface area contributed by atoms with Crippen molar-refractivity contribution in [3.05, 3.63) is 58.7 Å². The van der Waals surface area contributed by atoms with Gasteiger partial charge in [0.25, 0.3) is 11.8 Å². The lowest BCUT2D eigenvalue weighted by Gasteiger charge is -2.41. The van der Waals surface area contributed by atoms with Crippen LogP contribution in [-0.4, -0.2) is 76.9 Å². The van der Waals surface area contributed by atoms with Crippen molar-refractivity contribution in [2.75, 3.05) is 26.7 Å². The van der Waals surface area contributed by atoms with Gasteiger partial charge in [-0.3, -0.25) is 34.3 Å². The van der Waals surface area contributed by atoms with Gasteiger partial charge in [0.2, 0.25) is 11.8 Å². The summed E-state index contributed by atoms with van der Waals surface area (Å²) in [4.78, 5) is 53.1. The van der Waals surface area contributed by atoms with Crippen molar-refractivity contribution in [2.24, 2.45) is 0 Å². The van der Waals surface area contributed by atoms with Crippen LogP contribution in [0.5, 0.6) is 0 Å². The molecule has 0 radical (unpaired) electrons. The number of aliphatic hydroxyl groups is 1. The number of hydrogen-bond acceptors (Lipinski definition) is 7. The van der Waals surface area contributed by atoms with Gasteiger partial charge in [-0.2, -0.15) is 0 Å². The highest BCUT2D eigenvalue weighted by Crippen LogP contribution is 2.37. The number of nitrogens with one attached hydrogen (secondary N) is 1. The fourth-order valence-electron chi connectivity index (χ4n) is 5.59. The third kappa shape index (κ3) is 4.11. The van der Waals surface area contributed by atoms with E-state index in [0.29, 0.717) is 31.5 Å². The van der Waals surface area contributed by atoms with E-state index in [2.05, 4.69) is 35.4 Å². The lowest BCUT2D eigenvalue weighted by molar-refractivity contribution is -0.136. The second-order valence-electron chi connectivity index (χ2n) is 10.3. The highest BCUT2D eigenvalue weighted by atomic mass is 16.5. The van der Waals surface area contributed by atoms with E-state index >= 15 is 0 Å². The molecule has 5 rings (SSSR count). The molecule has 2 fully saturated rings. The molecule has 1 aromatic rings. The van der Waals surface area contributed by atoms with Gasteiger partial charge in [0.1, 0.15) is 6.04 Å². The summed E-state index contributed by atoms with van der Waals surface area (Å²) < 4.78 is 5.77. The predicted octanol–water partition coefficient (Wildman–Crippen LogP) is 1.66. The Bertz CT molecular complexity index is 1200. The average Bonchev–Trinajstić information content (AvgIpc) is 3.11. The van der Waals surface area contributed by atoms with Crippen molar-refractivity contribution >= 4 is 23.6 Å². The summed E-state index contributed by atoms with van der Waals surface area (Å²) in [6.45, 7) is 4.18. The molecule has 0 bridgehead atoms. The van der Waals surface area contributed by atoms with Crippen LogP contribution in [-0.2, 0) is 19.9 Å². The second kappa shape index (κ2) is 9.06. The SMILES string of the molecule is COC1(C)CC=CC=C1CN1CCC(O)(c2ccc3c(c2)C(=O)N(C2CCC(=O)NC2=O)C3=O)CC1. The van der Waals surface area contributed by atoms with Crippen LogP contribution < -0.4 is 5.32 Å². The van der Waals surface area contributed by atoms with E-state index in [1.165, 1.54) is 5.57 Å². The quantitative estimate of drug-likeness (QED) is 0.600. The molecule has 0 aromatic heterocycles. The topological polar surface area (TPSA) is 116 Å². The first-order valence-electron chi connectivity index (χ1n) is 12.4. The third-order valence-electron chi connectivity index (χ3n) is 8.12. The zero-order chi connectivity index (χ0) is 25.7. The molecule has 3 heterocycles. The lowest BCUT2D eigenvalue weighted by atomic mass is 9.82. The molecule has 190 valence electrons. The summed E-state index contributed by atoms with van der Waals surface area (Å²) in [5.74, 6) is -2.16. The molecule has 2 unspecified atom stereocenters. The minimum atomic E-state index is -1.12. The van der Waals surface area contributed by atoms with Gasteiger partial charge < -0.3 is 9.84 Å². The lowest BCUT2D eigenvalue weighted by Crippen LogP contribution is -2.54. The molecule has 9 heteroatoms. The Morgan fingerprint density at radius 1 is 1.11 bits per heavy atom. The molecular weight excluding hydrogens is 462 g/mol. The Balaban J connectivity index is 1.30. The van der Waals surface area contributed by atoms with Crippen molar-refractivity contribution < 1.29 is 29.0 Å². The third-order valence-corrected chi connectivity index (χ3v) is 8.12. The molecule has 9 nitrogen and oxygen atoms in total. The van der Waals surface area contributed by atoms with E-state index in [1.807, 2.05) is 0 Å². The van der Waals surface area contributed by atoms with Crippen molar-refractivity contribution in [3.63, 3.8) is 0 Å². The fraction of sp³-hybridized carbons (Fsp3) is 0.481. The fourth-order valence-corrected chi connectivity index (χ4v) is 5.59. The van der Waals surface area contributed by atoms with Crippen LogP contribution in [0.2, 0.25) is 0 Å². The molecular formula is C27H31N3O6. The number of piperidine rings is 2. The number of hydrogen-bond donors (Lipinski definition) is 2. The first-order chi connectivity index (χ1) is 17.1. The molecule has 0 spiro atoms. The maximum atomic E-state index is 13.2. The van der Waals surface area contributed by atoms with Crippen molar-refractivity contribution in [1.82, 2.24) is 15.1 Å². The van der Waals surface area contributed by atoms with E-state index in [-0.39, 0.29) is 29.6 Å². The Morgan fingerprint density at radius 2 is 1.83 bits per heavy atom. The minimum Gasteiger partial charge on any atom is -0.385 e. The molecule has 4 amide bonds. The summed E-state index contributed by atoms with van der Waals surface area (Å²) in [7, 11) is 1.73. The number of carbonyl (C=O) groups excluding carboxylic acids is 4. The van der Waals surface area contributed by atoms with Gasteiger partial charge in [-0.25, -0.2) is 0 Å². The number of benzene rings is 1. The number of methoxy groups -OCH3 is 1. The Kier molecular flexibility index (Phi) is 6.18. The van der Waals surface area contributed by atoms with Crippen LogP contribution in [0.4, 0.5) is 0 Å². The first kappa shape index (κ1) is 24.5. The van der Waals surface area contributed by atoms with E-state index in [1.54, 1.807) is 25.3 Å². The predicted molar refractivity (Wildman–Crippen MR) is 130 cm³/mol. The van der Waals surface area contributed by atoms with Crippen molar-refractivity contribution in [2.45, 2.75) is 56.3 Å². The van der Waals surface area contributed by atoms with Crippen molar-refractivity contribution in [1.29, 1.82) is 0 Å². The maximum Gasteiger partial charge on any atom is 0.262 e. The largest absolute Gasteiger partial charge is 0.385 e. The van der Waals surface area contributed by atoms with Gasteiger partial charge >= 0.3 is 0 Å². The normalized spacial score (nSPS) is 28.2. The molecule has 2 saturated heterocycles. The Labute approximate surface area is 209 Å². The Hall–Kier alpha value is -3.14. The molecule has 1 aliphatic carbocycles. The number of fused-ring (bicyclic) bond motifs is 1. The number of allylic oxidation sites excluding steroid dienone is 2. The van der Waals surface area contributed by atoms with E-state index in [4.69, 9.17) is 4.74 Å². The van der Waals surface area contributed by atoms with Crippen molar-refractivity contribution in [3.8, 4) is 0 Å². The Morgan fingerprint density at radius 3 is 2.53 bits per heavy atom. The van der Waals surface area contributed by atoms with Gasteiger partial charge in [-0.1, -0.05) is 24.3 Å². The average molecular weight is 494 g/mol. The number of amides is 4. The number of imide groups is 2. The minimum absolute atomic E-state index is 0.0715. The zero-order valence-corrected chi connectivity index (χ0v) is 20.6. The molecule has 1 aromatic carbocycles. The molecule has 36 heavy (non-hydrogen) atoms. The van der Waals surface area contributed by atoms with Gasteiger partial charge in [0, 0.05) is 33.2 Å². The van der Waals surface area contributed by atoms with Crippen LogP contribution in [0.15, 0.2) is 42.0 Å². The second-order valence-corrected chi connectivity index (χ2v) is 10.3. The number of rotatable bonds is 5. The number of ether oxygens (including phenoxy) is 1. The smallest absolute Gasteiger partial charge is 0.262 e. The van der Waals surface area contributed by atoms with Crippen LogP contribution in [0.3, 0.4) is 0 Å². The molecule has 2 atom stereocenters. The molecule has 3 aliphatic heterocycles. The van der Waals surface area contributed by atoms with Crippen LogP contribution >= 0.6 is 0 Å². The summed E-state index contributed by atoms with van der Waals surface area (Å²) in [5, 5.41) is 13.7. The highest BCUT2D eigenvalue weighted by molar-refractivity contribution is 6.23. The van der Waals surface area contributed by atoms with Gasteiger partial charge in [-0.05, 0) is 55.9 Å². The summed E-state index contributed by atoms with van der Waals surface area (Å²) in [5.41, 5.74) is 0.743. The number of carbonyl (C=O) groups is 4. The summed E-state index contributed by atoms with van der Waals surface area (Å²) >= 11 is 0. The standard InChI is InChI=1S/C27H31N3O6/c1-26(36-2)10-4-3-5-18(26)16-29-13-11-27(35,12-14-29)17-6-7-19-20(15-17)25(34)30(24(19)33)21-8-9-22(31)28-23(21)32/h3-7,15,21,35H,8-14,16H2,1-2H3,(H,28,31,32). The van der Waals surface area contributed by atoms with Crippen LogP contribution in [0, 0.1) is 0 Å². The van der Waals surface area contributed by atoms with Gasteiger partial charge in [0.15, 0.2) is 0 Å². The van der Waals surface area contributed by atoms with Gasteiger partial charge in [0.05, 0.1) is 22.3 Å². The van der Waals surface area contributed by atoms with E-state index in [0.717, 1.165) is 17.9 Å². The van der Waals surface area contributed by atoms with Crippen LogP contribution in [0.1, 0.15) is 65.3 Å². The molecule has 0 saturated carbocycles. The maximum absolute atomic E-state index is 13.2. The molecule has 4 aliphatic rings. The zero-order valence-electron chi connectivity index (χ0n) is 20.6. The highest BCUT2D eigenvalue weighted by Gasteiger charge is 2.45. The van der Waals surface area contributed by atoms with E-state index < -0.39 is 35.3 Å². The number of likely N-dealkylation sites (tertiary alicyclic amines) is 1. The summed E-state index contributed by atoms with van der Waals surface area (Å²) in [6.07, 6.45) is 8.23. The van der Waals surface area contributed by atoms with Gasteiger partial charge in [-0.15, -0.1) is 0 Å². The first-order valence-corrected chi connectivity index (χ1v) is 12.4. The monoisotopic (exact) mass is 493 g/mol. The summed E-state index contributed by atoms with van der Waals surface area (Å²) in [6, 6.07) is 3.84. The van der Waals surface area contributed by atoms with E-state index in [9.17, 15) is 24.3 Å². The number of nitrogens with zero attached hydrogens (tertiary/aromatic N) is 2.